The topological polar surface area (TPSA) is 102 Å². The van der Waals surface area contributed by atoms with E-state index >= 15 is 0 Å². The lowest BCUT2D eigenvalue weighted by molar-refractivity contribution is 0.102. The monoisotopic (exact) mass is 517 g/mol. The Morgan fingerprint density at radius 1 is 0.784 bits per heavy atom. The van der Waals surface area contributed by atoms with Gasteiger partial charge in [0, 0.05) is 17.8 Å². The molecule has 0 bridgehead atoms. The Labute approximate surface area is 216 Å². The molecule has 0 unspecified atom stereocenters. The molecule has 7 nitrogen and oxygen atoms in total. The number of nitrogens with one attached hydrogen (secondary N) is 1. The number of carbonyl (C=O) groups excluding carboxylic acids is 1. The number of phenols is 1. The Morgan fingerprint density at radius 2 is 1.51 bits per heavy atom. The van der Waals surface area contributed by atoms with E-state index in [2.05, 4.69) is 17.4 Å². The third kappa shape index (κ3) is 7.35. The van der Waals surface area contributed by atoms with E-state index in [-0.39, 0.29) is 22.0 Å². The molecule has 4 aromatic carbocycles. The van der Waals surface area contributed by atoms with Gasteiger partial charge in [0.1, 0.15) is 22.1 Å². The first-order valence-electron chi connectivity index (χ1n) is 11.8. The van der Waals surface area contributed by atoms with Gasteiger partial charge in [-0.05, 0) is 61.2 Å². The van der Waals surface area contributed by atoms with Crippen molar-refractivity contribution in [2.24, 2.45) is 0 Å². The number of ether oxygens (including phenoxy) is 1. The fourth-order valence-corrected chi connectivity index (χ4v) is 4.59. The van der Waals surface area contributed by atoms with Crippen LogP contribution in [0.2, 0.25) is 0 Å². The van der Waals surface area contributed by atoms with Crippen molar-refractivity contribution in [3.63, 3.8) is 0 Å². The van der Waals surface area contributed by atoms with E-state index in [9.17, 15) is 18.3 Å². The van der Waals surface area contributed by atoms with Gasteiger partial charge in [-0.15, -0.1) is 0 Å². The highest BCUT2D eigenvalue weighted by Gasteiger charge is 2.17. The van der Waals surface area contributed by atoms with E-state index < -0.39 is 16.0 Å². The van der Waals surface area contributed by atoms with E-state index in [4.69, 9.17) is 8.92 Å². The number of unbranched alkanes of at least 4 members (excludes halogenated alkanes) is 1. The van der Waals surface area contributed by atoms with Crippen molar-refractivity contribution in [2.75, 3.05) is 11.9 Å². The summed E-state index contributed by atoms with van der Waals surface area (Å²) in [6.45, 7) is 0.497. The van der Waals surface area contributed by atoms with Gasteiger partial charge in [0.05, 0.1) is 12.2 Å². The second kappa shape index (κ2) is 12.1. The highest BCUT2D eigenvalue weighted by atomic mass is 32.2. The van der Waals surface area contributed by atoms with Gasteiger partial charge in [0.25, 0.3) is 5.91 Å². The normalized spacial score (nSPS) is 11.0. The first kappa shape index (κ1) is 25.8. The largest absolute Gasteiger partial charge is 0.507 e. The van der Waals surface area contributed by atoms with Crippen LogP contribution in [0.5, 0.6) is 17.2 Å². The SMILES string of the molecule is O=C(Nc1cccc(OS(=O)(=O)c2ccccc2)c1)c1ccc(OCCCCc2ccccc2)cc1O. The average Bonchev–Trinajstić information content (AvgIpc) is 2.89. The molecule has 2 N–H and O–H groups in total. The summed E-state index contributed by atoms with van der Waals surface area (Å²) in [6, 6.07) is 28.5. The summed E-state index contributed by atoms with van der Waals surface area (Å²) in [5.41, 5.74) is 1.65. The van der Waals surface area contributed by atoms with E-state index in [0.29, 0.717) is 18.0 Å². The second-order valence-corrected chi connectivity index (χ2v) is 9.85. The van der Waals surface area contributed by atoms with Gasteiger partial charge in [0.2, 0.25) is 0 Å². The zero-order valence-electron chi connectivity index (χ0n) is 20.0. The highest BCUT2D eigenvalue weighted by molar-refractivity contribution is 7.87. The van der Waals surface area contributed by atoms with Crippen LogP contribution < -0.4 is 14.2 Å². The fraction of sp³-hybridized carbons (Fsp3) is 0.138. The molecule has 0 aliphatic carbocycles. The van der Waals surface area contributed by atoms with Crippen LogP contribution in [-0.4, -0.2) is 26.0 Å². The number of benzene rings is 4. The lowest BCUT2D eigenvalue weighted by Crippen LogP contribution is -2.13. The van der Waals surface area contributed by atoms with Gasteiger partial charge in [0.15, 0.2) is 0 Å². The average molecular weight is 518 g/mol. The number of phenolic OH excluding ortho intramolecular Hbond substituents is 1. The molecule has 8 heteroatoms. The number of carbonyl (C=O) groups is 1. The van der Waals surface area contributed by atoms with E-state index in [1.165, 1.54) is 42.0 Å². The van der Waals surface area contributed by atoms with Crippen LogP contribution in [0.25, 0.3) is 0 Å². The van der Waals surface area contributed by atoms with Crippen molar-refractivity contribution < 1.29 is 27.2 Å². The van der Waals surface area contributed by atoms with Crippen molar-refractivity contribution in [2.45, 2.75) is 24.2 Å². The number of rotatable bonds is 11. The molecule has 0 aliphatic heterocycles. The molecule has 1 amide bonds. The van der Waals surface area contributed by atoms with Crippen molar-refractivity contribution in [3.05, 3.63) is 114 Å². The molecule has 4 aromatic rings. The molecule has 4 rings (SSSR count). The van der Waals surface area contributed by atoms with Crippen LogP contribution >= 0.6 is 0 Å². The molecule has 37 heavy (non-hydrogen) atoms. The first-order valence-corrected chi connectivity index (χ1v) is 13.2. The van der Waals surface area contributed by atoms with Crippen LogP contribution in [0.3, 0.4) is 0 Å². The molecule has 0 radical (unpaired) electrons. The van der Waals surface area contributed by atoms with Crippen molar-refractivity contribution in [1.82, 2.24) is 0 Å². The minimum Gasteiger partial charge on any atom is -0.507 e. The number of aromatic hydroxyl groups is 1. The molecule has 0 aliphatic rings. The van der Waals surface area contributed by atoms with E-state index in [1.54, 1.807) is 36.4 Å². The summed E-state index contributed by atoms with van der Waals surface area (Å²) in [6.07, 6.45) is 2.81. The van der Waals surface area contributed by atoms with Crippen LogP contribution in [-0.2, 0) is 16.5 Å². The number of hydrogen-bond donors (Lipinski definition) is 2. The predicted octanol–water partition coefficient (Wildman–Crippen LogP) is 5.81. The third-order valence-corrected chi connectivity index (χ3v) is 6.78. The summed E-state index contributed by atoms with van der Waals surface area (Å²) < 4.78 is 35.8. The fourth-order valence-electron chi connectivity index (χ4n) is 3.65. The van der Waals surface area contributed by atoms with Crippen LogP contribution in [0, 0.1) is 0 Å². The molecule has 0 saturated carbocycles. The molecular formula is C29H27NO6S. The Hall–Kier alpha value is -4.30. The Morgan fingerprint density at radius 3 is 2.24 bits per heavy atom. The molecule has 0 spiro atoms. The van der Waals surface area contributed by atoms with E-state index in [0.717, 1.165) is 19.3 Å². The molecule has 190 valence electrons. The second-order valence-electron chi connectivity index (χ2n) is 8.30. The van der Waals surface area contributed by atoms with E-state index in [1.807, 2.05) is 18.2 Å². The lowest BCUT2D eigenvalue weighted by atomic mass is 10.1. The first-order chi connectivity index (χ1) is 17.9. The zero-order chi connectivity index (χ0) is 26.1. The van der Waals surface area contributed by atoms with Crippen molar-refractivity contribution in [3.8, 4) is 17.2 Å². The maximum Gasteiger partial charge on any atom is 0.339 e. The molecular weight excluding hydrogens is 490 g/mol. The van der Waals surface area contributed by atoms with Gasteiger partial charge < -0.3 is 19.3 Å². The van der Waals surface area contributed by atoms with Crippen molar-refractivity contribution in [1.29, 1.82) is 0 Å². The minimum atomic E-state index is -4.01. The van der Waals surface area contributed by atoms with Gasteiger partial charge in [-0.2, -0.15) is 8.42 Å². The molecule has 0 atom stereocenters. The Balaban J connectivity index is 1.31. The maximum atomic E-state index is 12.7. The lowest BCUT2D eigenvalue weighted by Gasteiger charge is -2.11. The summed E-state index contributed by atoms with van der Waals surface area (Å²) in [5, 5.41) is 13.0. The van der Waals surface area contributed by atoms with Crippen LogP contribution in [0.15, 0.2) is 108 Å². The maximum absolute atomic E-state index is 12.7. The smallest absolute Gasteiger partial charge is 0.339 e. The molecule has 0 heterocycles. The Bertz CT molecular complexity index is 1440. The van der Waals surface area contributed by atoms with Crippen LogP contribution in [0.4, 0.5) is 5.69 Å². The minimum absolute atomic E-state index is 0.0212. The summed E-state index contributed by atoms with van der Waals surface area (Å²) >= 11 is 0. The van der Waals surface area contributed by atoms with Gasteiger partial charge >= 0.3 is 10.1 Å². The third-order valence-electron chi connectivity index (χ3n) is 5.51. The number of anilines is 1. The van der Waals surface area contributed by atoms with Crippen molar-refractivity contribution >= 4 is 21.7 Å². The standard InChI is InChI=1S/C29H27NO6S/c31-28-21-24(35-19-8-7-12-22-10-3-1-4-11-22)17-18-27(28)29(32)30-23-13-9-14-25(20-23)36-37(33,34)26-15-5-2-6-16-26/h1-6,9-11,13-18,20-21,31H,7-8,12,19H2,(H,30,32). The Kier molecular flexibility index (Phi) is 8.43. The number of aryl methyl sites for hydroxylation is 1. The van der Waals surface area contributed by atoms with Gasteiger partial charge in [-0.1, -0.05) is 54.6 Å². The summed E-state index contributed by atoms with van der Waals surface area (Å²) in [4.78, 5) is 12.7. The zero-order valence-corrected chi connectivity index (χ0v) is 20.9. The molecule has 0 fully saturated rings. The summed E-state index contributed by atoms with van der Waals surface area (Å²) in [5.74, 6) is -0.273. The quantitative estimate of drug-likeness (QED) is 0.192. The van der Waals surface area contributed by atoms with Gasteiger partial charge in [-0.25, -0.2) is 0 Å². The van der Waals surface area contributed by atoms with Gasteiger partial charge in [-0.3, -0.25) is 4.79 Å². The molecule has 0 aromatic heterocycles. The highest BCUT2D eigenvalue weighted by Crippen LogP contribution is 2.26. The molecule has 0 saturated heterocycles. The number of amides is 1. The predicted molar refractivity (Wildman–Crippen MR) is 142 cm³/mol. The van der Waals surface area contributed by atoms with Crippen LogP contribution in [0.1, 0.15) is 28.8 Å². The number of hydrogen-bond acceptors (Lipinski definition) is 6. The summed E-state index contributed by atoms with van der Waals surface area (Å²) in [7, 11) is -4.01.